The predicted molar refractivity (Wildman–Crippen MR) is 81.0 cm³/mol. The Hall–Kier alpha value is -2.29. The van der Waals surface area contributed by atoms with E-state index >= 15 is 0 Å². The molecule has 2 aromatic carbocycles. The van der Waals surface area contributed by atoms with Crippen LogP contribution < -0.4 is 4.74 Å². The van der Waals surface area contributed by atoms with Crippen molar-refractivity contribution in [3.8, 4) is 11.5 Å². The predicted octanol–water partition coefficient (Wildman–Crippen LogP) is 4.58. The summed E-state index contributed by atoms with van der Waals surface area (Å²) >= 11 is 0. The lowest BCUT2D eigenvalue weighted by atomic mass is 9.86. The number of benzene rings is 2. The second kappa shape index (κ2) is 5.78. The van der Waals surface area contributed by atoms with Crippen LogP contribution in [0.2, 0.25) is 0 Å². The molecule has 0 radical (unpaired) electrons. The Balaban J connectivity index is 2.26. The summed E-state index contributed by atoms with van der Waals surface area (Å²) in [6, 6.07) is 15.5. The molecular formula is C17H19NO2. The van der Waals surface area contributed by atoms with Crippen LogP contribution in [0.25, 0.3) is 0 Å². The number of nitrogens with zero attached hydrogens (tertiary/aromatic N) is 1. The molecular weight excluding hydrogens is 250 g/mol. The van der Waals surface area contributed by atoms with E-state index in [1.807, 2.05) is 42.5 Å². The number of ether oxygens (including phenoxy) is 1. The van der Waals surface area contributed by atoms with Crippen LogP contribution in [-0.2, 0) is 5.41 Å². The maximum atomic E-state index is 8.49. The number of oxime groups is 1. The van der Waals surface area contributed by atoms with E-state index in [-0.39, 0.29) is 5.41 Å². The quantitative estimate of drug-likeness (QED) is 0.503. The summed E-state index contributed by atoms with van der Waals surface area (Å²) in [7, 11) is 0. The molecule has 2 rings (SSSR count). The topological polar surface area (TPSA) is 41.8 Å². The van der Waals surface area contributed by atoms with Gasteiger partial charge in [0.05, 0.1) is 6.21 Å². The molecule has 3 heteroatoms. The average Bonchev–Trinajstić information content (AvgIpc) is 2.41. The highest BCUT2D eigenvalue weighted by atomic mass is 16.5. The Bertz CT molecular complexity index is 595. The third-order valence-corrected chi connectivity index (χ3v) is 3.01. The van der Waals surface area contributed by atoms with Crippen molar-refractivity contribution < 1.29 is 9.94 Å². The van der Waals surface area contributed by atoms with E-state index in [2.05, 4.69) is 32.0 Å². The standard InChI is InChI=1S/C17H19NO2/c1-17(2,3)15-6-4-5-7-16(15)20-14-10-8-13(9-11-14)12-18-19/h4-12,19H,1-3H3/b18-12+. The summed E-state index contributed by atoms with van der Waals surface area (Å²) in [5.41, 5.74) is 2.02. The Kier molecular flexibility index (Phi) is 4.08. The first-order valence-electron chi connectivity index (χ1n) is 6.55. The zero-order chi connectivity index (χ0) is 14.6. The van der Waals surface area contributed by atoms with E-state index in [0.717, 1.165) is 17.1 Å². The molecule has 0 heterocycles. The molecule has 0 amide bonds. The smallest absolute Gasteiger partial charge is 0.131 e. The van der Waals surface area contributed by atoms with Gasteiger partial charge in [-0.3, -0.25) is 0 Å². The first-order chi connectivity index (χ1) is 9.50. The molecule has 0 fully saturated rings. The van der Waals surface area contributed by atoms with Gasteiger partial charge in [0, 0.05) is 5.56 Å². The molecule has 2 aromatic rings. The van der Waals surface area contributed by atoms with E-state index in [1.54, 1.807) is 0 Å². The van der Waals surface area contributed by atoms with Crippen LogP contribution in [0.15, 0.2) is 53.7 Å². The zero-order valence-corrected chi connectivity index (χ0v) is 12.0. The Labute approximate surface area is 119 Å². The summed E-state index contributed by atoms with van der Waals surface area (Å²) in [6.07, 6.45) is 1.38. The molecule has 0 bridgehead atoms. The highest BCUT2D eigenvalue weighted by Gasteiger charge is 2.18. The monoisotopic (exact) mass is 269 g/mol. The highest BCUT2D eigenvalue weighted by molar-refractivity contribution is 5.79. The molecule has 0 aliphatic heterocycles. The number of hydrogen-bond acceptors (Lipinski definition) is 3. The lowest BCUT2D eigenvalue weighted by molar-refractivity contribution is 0.322. The van der Waals surface area contributed by atoms with Crippen molar-refractivity contribution in [3.63, 3.8) is 0 Å². The Morgan fingerprint density at radius 2 is 1.65 bits per heavy atom. The molecule has 0 atom stereocenters. The van der Waals surface area contributed by atoms with Gasteiger partial charge in [0.15, 0.2) is 0 Å². The van der Waals surface area contributed by atoms with Gasteiger partial charge in [0.1, 0.15) is 11.5 Å². The third-order valence-electron chi connectivity index (χ3n) is 3.01. The van der Waals surface area contributed by atoms with Crippen LogP contribution in [0.1, 0.15) is 31.9 Å². The fourth-order valence-electron chi connectivity index (χ4n) is 1.99. The maximum Gasteiger partial charge on any atom is 0.131 e. The molecule has 0 aromatic heterocycles. The molecule has 0 aliphatic rings. The Morgan fingerprint density at radius 1 is 1.00 bits per heavy atom. The maximum absolute atomic E-state index is 8.49. The summed E-state index contributed by atoms with van der Waals surface area (Å²) in [5, 5.41) is 11.5. The molecule has 104 valence electrons. The van der Waals surface area contributed by atoms with Gasteiger partial charge in [-0.25, -0.2) is 0 Å². The van der Waals surface area contributed by atoms with Crippen LogP contribution in [-0.4, -0.2) is 11.4 Å². The third kappa shape index (κ3) is 3.38. The minimum Gasteiger partial charge on any atom is -0.457 e. The lowest BCUT2D eigenvalue weighted by Gasteiger charge is -2.22. The minimum atomic E-state index is 0.0279. The van der Waals surface area contributed by atoms with Crippen molar-refractivity contribution in [1.82, 2.24) is 0 Å². The van der Waals surface area contributed by atoms with E-state index in [1.165, 1.54) is 11.8 Å². The van der Waals surface area contributed by atoms with Crippen LogP contribution in [0.4, 0.5) is 0 Å². The van der Waals surface area contributed by atoms with Crippen LogP contribution in [0.5, 0.6) is 11.5 Å². The van der Waals surface area contributed by atoms with E-state index in [0.29, 0.717) is 0 Å². The number of rotatable bonds is 3. The van der Waals surface area contributed by atoms with Gasteiger partial charge in [-0.15, -0.1) is 0 Å². The number of hydrogen-bond donors (Lipinski definition) is 1. The molecule has 3 nitrogen and oxygen atoms in total. The lowest BCUT2D eigenvalue weighted by Crippen LogP contribution is -2.12. The minimum absolute atomic E-state index is 0.0279. The molecule has 0 spiro atoms. The van der Waals surface area contributed by atoms with Gasteiger partial charge < -0.3 is 9.94 Å². The normalized spacial score (nSPS) is 11.8. The first-order valence-corrected chi connectivity index (χ1v) is 6.55. The van der Waals surface area contributed by atoms with Crippen molar-refractivity contribution in [2.24, 2.45) is 5.16 Å². The van der Waals surface area contributed by atoms with Crippen LogP contribution in [0, 0.1) is 0 Å². The highest BCUT2D eigenvalue weighted by Crippen LogP contribution is 2.33. The number of para-hydroxylation sites is 1. The van der Waals surface area contributed by atoms with E-state index < -0.39 is 0 Å². The van der Waals surface area contributed by atoms with Gasteiger partial charge in [-0.05, 0) is 41.3 Å². The van der Waals surface area contributed by atoms with E-state index in [9.17, 15) is 0 Å². The van der Waals surface area contributed by atoms with Gasteiger partial charge in [-0.1, -0.05) is 44.1 Å². The molecule has 0 aliphatic carbocycles. The Morgan fingerprint density at radius 3 is 2.25 bits per heavy atom. The van der Waals surface area contributed by atoms with Crippen molar-refractivity contribution in [2.75, 3.05) is 0 Å². The summed E-state index contributed by atoms with van der Waals surface area (Å²) in [6.45, 7) is 6.49. The summed E-state index contributed by atoms with van der Waals surface area (Å²) in [4.78, 5) is 0. The molecule has 0 unspecified atom stereocenters. The van der Waals surface area contributed by atoms with Crippen LogP contribution >= 0.6 is 0 Å². The summed E-state index contributed by atoms with van der Waals surface area (Å²) in [5.74, 6) is 1.63. The van der Waals surface area contributed by atoms with Crippen molar-refractivity contribution >= 4 is 6.21 Å². The van der Waals surface area contributed by atoms with Gasteiger partial charge in [0.2, 0.25) is 0 Å². The van der Waals surface area contributed by atoms with Gasteiger partial charge in [-0.2, -0.15) is 0 Å². The van der Waals surface area contributed by atoms with Crippen molar-refractivity contribution in [3.05, 3.63) is 59.7 Å². The van der Waals surface area contributed by atoms with Crippen molar-refractivity contribution in [2.45, 2.75) is 26.2 Å². The fourth-order valence-corrected chi connectivity index (χ4v) is 1.99. The van der Waals surface area contributed by atoms with Crippen molar-refractivity contribution in [1.29, 1.82) is 0 Å². The fraction of sp³-hybridized carbons (Fsp3) is 0.235. The van der Waals surface area contributed by atoms with Gasteiger partial charge >= 0.3 is 0 Å². The zero-order valence-electron chi connectivity index (χ0n) is 12.0. The molecule has 1 N–H and O–H groups in total. The largest absolute Gasteiger partial charge is 0.457 e. The SMILES string of the molecule is CC(C)(C)c1ccccc1Oc1ccc(/C=N/O)cc1. The first kappa shape index (κ1) is 14.1. The molecule has 0 saturated carbocycles. The molecule has 20 heavy (non-hydrogen) atoms. The van der Waals surface area contributed by atoms with Crippen LogP contribution in [0.3, 0.4) is 0 Å². The second-order valence-electron chi connectivity index (χ2n) is 5.66. The second-order valence-corrected chi connectivity index (χ2v) is 5.66. The summed E-state index contributed by atoms with van der Waals surface area (Å²) < 4.78 is 5.96. The molecule has 0 saturated heterocycles. The van der Waals surface area contributed by atoms with E-state index in [4.69, 9.17) is 9.94 Å². The average molecular weight is 269 g/mol. The van der Waals surface area contributed by atoms with Gasteiger partial charge in [0.25, 0.3) is 0 Å².